The largest absolute Gasteiger partial charge is 0.490 e. The molecular formula is C13H12N2O5. The van der Waals surface area contributed by atoms with E-state index in [4.69, 9.17) is 4.74 Å². The molecule has 0 radical (unpaired) electrons. The van der Waals surface area contributed by atoms with Gasteiger partial charge < -0.3 is 14.4 Å². The van der Waals surface area contributed by atoms with Crippen molar-refractivity contribution in [2.45, 2.75) is 19.6 Å². The second kappa shape index (κ2) is 4.04. The number of nitro benzene ring substituents is 1. The minimum Gasteiger partial charge on any atom is -0.490 e. The van der Waals surface area contributed by atoms with Crippen LogP contribution in [-0.4, -0.2) is 33.6 Å². The van der Waals surface area contributed by atoms with Crippen LogP contribution < -0.4 is 4.74 Å². The van der Waals surface area contributed by atoms with Gasteiger partial charge in [-0.05, 0) is 24.6 Å². The lowest BCUT2D eigenvalue weighted by Crippen LogP contribution is -2.15. The number of nitro groups is 1. The van der Waals surface area contributed by atoms with E-state index >= 15 is 0 Å². The number of benzene rings is 1. The van der Waals surface area contributed by atoms with Crippen LogP contribution >= 0.6 is 0 Å². The Morgan fingerprint density at radius 1 is 1.50 bits per heavy atom. The molecule has 1 aromatic heterocycles. The first-order chi connectivity index (χ1) is 9.47. The van der Waals surface area contributed by atoms with Crippen LogP contribution in [0.25, 0.3) is 10.9 Å². The van der Waals surface area contributed by atoms with Gasteiger partial charge in [0.1, 0.15) is 6.10 Å². The third kappa shape index (κ3) is 1.41. The molecule has 0 spiro atoms. The molecule has 2 aromatic rings. The lowest BCUT2D eigenvalue weighted by molar-refractivity contribution is -0.384. The number of carbonyl (C=O) groups excluding carboxylic acids is 1. The van der Waals surface area contributed by atoms with E-state index < -0.39 is 16.8 Å². The van der Waals surface area contributed by atoms with Gasteiger partial charge in [-0.25, -0.2) is 0 Å². The SMILES string of the molecule is COc1ccc2c(c(C)c3n2CC(O)C3=O)c1[N+](=O)[O-]. The summed E-state index contributed by atoms with van der Waals surface area (Å²) >= 11 is 0. The fourth-order valence-corrected chi connectivity index (χ4v) is 2.86. The minimum atomic E-state index is -1.07. The van der Waals surface area contributed by atoms with E-state index in [1.54, 1.807) is 17.6 Å². The molecule has 1 atom stereocenters. The maximum atomic E-state index is 12.0. The molecule has 0 amide bonds. The average Bonchev–Trinajstić information content (AvgIpc) is 2.86. The molecule has 0 fully saturated rings. The number of ether oxygens (including phenoxy) is 1. The van der Waals surface area contributed by atoms with E-state index in [1.165, 1.54) is 13.2 Å². The summed E-state index contributed by atoms with van der Waals surface area (Å²) in [5.74, 6) is -0.241. The number of methoxy groups -OCH3 is 1. The second-order valence-corrected chi connectivity index (χ2v) is 4.73. The van der Waals surface area contributed by atoms with Gasteiger partial charge in [0.2, 0.25) is 5.78 Å². The first-order valence-corrected chi connectivity index (χ1v) is 6.03. The maximum absolute atomic E-state index is 12.0. The van der Waals surface area contributed by atoms with Gasteiger partial charge in [-0.15, -0.1) is 0 Å². The van der Waals surface area contributed by atoms with Gasteiger partial charge in [0.25, 0.3) is 0 Å². The second-order valence-electron chi connectivity index (χ2n) is 4.73. The van der Waals surface area contributed by atoms with E-state index in [9.17, 15) is 20.0 Å². The van der Waals surface area contributed by atoms with Gasteiger partial charge in [0.05, 0.1) is 35.2 Å². The zero-order valence-corrected chi connectivity index (χ0v) is 10.9. The van der Waals surface area contributed by atoms with E-state index in [0.717, 1.165) is 0 Å². The smallest absolute Gasteiger partial charge is 0.320 e. The fraction of sp³-hybridized carbons (Fsp3) is 0.308. The van der Waals surface area contributed by atoms with E-state index in [1.807, 2.05) is 0 Å². The molecule has 0 saturated carbocycles. The van der Waals surface area contributed by atoms with E-state index in [0.29, 0.717) is 22.2 Å². The van der Waals surface area contributed by atoms with Crippen molar-refractivity contribution in [2.75, 3.05) is 7.11 Å². The highest BCUT2D eigenvalue weighted by Gasteiger charge is 2.36. The molecule has 2 heterocycles. The Bertz CT molecular complexity index is 762. The molecule has 1 N–H and O–H groups in total. The number of Topliss-reactive ketones (excluding diaryl/α,β-unsaturated/α-hetero) is 1. The third-order valence-corrected chi connectivity index (χ3v) is 3.70. The van der Waals surface area contributed by atoms with Gasteiger partial charge in [-0.3, -0.25) is 14.9 Å². The summed E-state index contributed by atoms with van der Waals surface area (Å²) in [6, 6.07) is 3.17. The molecule has 7 heteroatoms. The number of fused-ring (bicyclic) bond motifs is 3. The number of rotatable bonds is 2. The van der Waals surface area contributed by atoms with Crippen molar-refractivity contribution >= 4 is 22.4 Å². The molecule has 1 unspecified atom stereocenters. The van der Waals surface area contributed by atoms with Crippen LogP contribution in [0.3, 0.4) is 0 Å². The Morgan fingerprint density at radius 3 is 2.80 bits per heavy atom. The zero-order chi connectivity index (χ0) is 14.6. The van der Waals surface area contributed by atoms with Crippen molar-refractivity contribution in [1.29, 1.82) is 0 Å². The highest BCUT2D eigenvalue weighted by atomic mass is 16.6. The summed E-state index contributed by atoms with van der Waals surface area (Å²) in [6.07, 6.45) is -1.07. The quantitative estimate of drug-likeness (QED) is 0.661. The Kier molecular flexibility index (Phi) is 2.55. The Balaban J connectivity index is 2.45. The van der Waals surface area contributed by atoms with Gasteiger partial charge >= 0.3 is 5.69 Å². The summed E-state index contributed by atoms with van der Waals surface area (Å²) in [5.41, 5.74) is 1.26. The van der Waals surface area contributed by atoms with Crippen LogP contribution in [0.5, 0.6) is 5.75 Å². The van der Waals surface area contributed by atoms with Crippen molar-refractivity contribution in [2.24, 2.45) is 0 Å². The number of aromatic nitrogens is 1. The molecule has 1 aliphatic heterocycles. The first-order valence-electron chi connectivity index (χ1n) is 6.03. The van der Waals surface area contributed by atoms with Gasteiger partial charge in [0, 0.05) is 0 Å². The van der Waals surface area contributed by atoms with Crippen molar-refractivity contribution < 1.29 is 19.6 Å². The average molecular weight is 276 g/mol. The lowest BCUT2D eigenvalue weighted by Gasteiger charge is -2.05. The summed E-state index contributed by atoms with van der Waals surface area (Å²) < 4.78 is 6.66. The number of nitrogens with zero attached hydrogens (tertiary/aromatic N) is 2. The number of ketones is 1. The van der Waals surface area contributed by atoms with Crippen LogP contribution in [0.15, 0.2) is 12.1 Å². The van der Waals surface area contributed by atoms with Crippen LogP contribution in [0.1, 0.15) is 16.1 Å². The molecule has 1 aromatic carbocycles. The highest BCUT2D eigenvalue weighted by Crippen LogP contribution is 2.41. The van der Waals surface area contributed by atoms with E-state index in [2.05, 4.69) is 0 Å². The van der Waals surface area contributed by atoms with Crippen molar-refractivity contribution in [1.82, 2.24) is 4.57 Å². The third-order valence-electron chi connectivity index (χ3n) is 3.70. The minimum absolute atomic E-state index is 0.127. The number of aliphatic hydroxyl groups excluding tert-OH is 1. The number of aryl methyl sites for hydroxylation is 1. The van der Waals surface area contributed by atoms with Gasteiger partial charge in [0.15, 0.2) is 5.75 Å². The molecular weight excluding hydrogens is 264 g/mol. The molecule has 3 rings (SSSR count). The van der Waals surface area contributed by atoms with Gasteiger partial charge in [-0.1, -0.05) is 0 Å². The van der Waals surface area contributed by atoms with Crippen molar-refractivity contribution in [3.63, 3.8) is 0 Å². The van der Waals surface area contributed by atoms with Crippen LogP contribution in [0.4, 0.5) is 5.69 Å². The number of hydrogen-bond donors (Lipinski definition) is 1. The van der Waals surface area contributed by atoms with Crippen LogP contribution in [-0.2, 0) is 6.54 Å². The topological polar surface area (TPSA) is 94.6 Å². The zero-order valence-electron chi connectivity index (χ0n) is 10.9. The first kappa shape index (κ1) is 12.6. The van der Waals surface area contributed by atoms with Gasteiger partial charge in [-0.2, -0.15) is 0 Å². The summed E-state index contributed by atoms with van der Waals surface area (Å²) in [4.78, 5) is 22.7. The predicted molar refractivity (Wildman–Crippen MR) is 70.2 cm³/mol. The standard InChI is InChI=1S/C13H12N2O5/c1-6-10-7(14-5-8(16)13(17)11(6)14)3-4-9(20-2)12(10)15(18)19/h3-4,8,16H,5H2,1-2H3. The Hall–Kier alpha value is -2.41. The molecule has 1 aliphatic rings. The molecule has 104 valence electrons. The number of carbonyl (C=O) groups is 1. The van der Waals surface area contributed by atoms with E-state index in [-0.39, 0.29) is 18.0 Å². The normalized spacial score (nSPS) is 17.6. The Morgan fingerprint density at radius 2 is 2.20 bits per heavy atom. The van der Waals surface area contributed by atoms with Crippen LogP contribution in [0, 0.1) is 17.0 Å². The highest BCUT2D eigenvalue weighted by molar-refractivity contribution is 6.09. The molecule has 20 heavy (non-hydrogen) atoms. The van der Waals surface area contributed by atoms with Crippen molar-refractivity contribution in [3.8, 4) is 5.75 Å². The summed E-state index contributed by atoms with van der Waals surface area (Å²) in [7, 11) is 1.36. The maximum Gasteiger partial charge on any atom is 0.320 e. The number of hydrogen-bond acceptors (Lipinski definition) is 5. The molecule has 7 nitrogen and oxygen atoms in total. The fourth-order valence-electron chi connectivity index (χ4n) is 2.86. The monoisotopic (exact) mass is 276 g/mol. The van der Waals surface area contributed by atoms with Crippen molar-refractivity contribution in [3.05, 3.63) is 33.5 Å². The Labute approximate surface area is 113 Å². The summed E-state index contributed by atoms with van der Waals surface area (Å²) in [5, 5.41) is 21.3. The molecule has 0 bridgehead atoms. The lowest BCUT2D eigenvalue weighted by atomic mass is 10.1. The number of aliphatic hydroxyl groups is 1. The summed E-state index contributed by atoms with van der Waals surface area (Å²) in [6.45, 7) is 1.78. The molecule has 0 saturated heterocycles. The predicted octanol–water partition coefficient (Wildman–Crippen LogP) is 1.42. The molecule has 0 aliphatic carbocycles. The van der Waals surface area contributed by atoms with Crippen LogP contribution in [0.2, 0.25) is 0 Å².